The molecule has 0 saturated carbocycles. The minimum absolute atomic E-state index is 0.105. The van der Waals surface area contributed by atoms with Crippen LogP contribution in [0.15, 0.2) is 17.7 Å². The summed E-state index contributed by atoms with van der Waals surface area (Å²) in [7, 11) is 2.85. The molecule has 21 heavy (non-hydrogen) atoms. The Morgan fingerprint density at radius 2 is 1.86 bits per heavy atom. The van der Waals surface area contributed by atoms with Crippen molar-refractivity contribution in [1.82, 2.24) is 0 Å². The van der Waals surface area contributed by atoms with Gasteiger partial charge in [0.05, 0.1) is 19.8 Å². The first kappa shape index (κ1) is 15.2. The molecule has 0 unspecified atom stereocenters. The van der Waals surface area contributed by atoms with Crippen LogP contribution < -0.4 is 9.47 Å². The molecule has 1 aliphatic carbocycles. The van der Waals surface area contributed by atoms with Crippen LogP contribution in [0.1, 0.15) is 18.1 Å². The number of hydrogen-bond donors (Lipinski definition) is 0. The van der Waals surface area contributed by atoms with Gasteiger partial charge in [0.15, 0.2) is 0 Å². The van der Waals surface area contributed by atoms with Crippen molar-refractivity contribution < 1.29 is 32.2 Å². The summed E-state index contributed by atoms with van der Waals surface area (Å²) in [4.78, 5) is 11.1. The molecule has 1 aromatic carbocycles. The van der Waals surface area contributed by atoms with Crippen LogP contribution in [0.2, 0.25) is 0 Å². The average molecular weight is 302 g/mol. The maximum absolute atomic E-state index is 12.4. The van der Waals surface area contributed by atoms with Crippen LogP contribution in [0.25, 0.3) is 5.76 Å². The van der Waals surface area contributed by atoms with E-state index in [0.717, 1.165) is 0 Å². The van der Waals surface area contributed by atoms with Crippen molar-refractivity contribution in [1.29, 1.82) is 0 Å². The van der Waals surface area contributed by atoms with Crippen LogP contribution in [0.3, 0.4) is 0 Å². The number of hydrogen-bond acceptors (Lipinski definition) is 4. The minimum atomic E-state index is -5.05. The van der Waals surface area contributed by atoms with Crippen LogP contribution >= 0.6 is 0 Å². The summed E-state index contributed by atoms with van der Waals surface area (Å²) in [5.41, 5.74) is 1.57. The molecule has 0 fully saturated rings. The predicted octanol–water partition coefficient (Wildman–Crippen LogP) is 3.10. The number of esters is 1. The number of alkyl halides is 3. The minimum Gasteiger partial charge on any atom is -0.497 e. The smallest absolute Gasteiger partial charge is 0.491 e. The molecule has 0 atom stereocenters. The SMILES string of the molecule is COc1cc2c(c(OC)c1)C(OC(=O)C(F)(F)F)=C(C)C2. The molecule has 1 aromatic rings. The first-order valence-electron chi connectivity index (χ1n) is 6.02. The zero-order valence-electron chi connectivity index (χ0n) is 11.6. The number of carbonyl (C=O) groups excluding carboxylic acids is 1. The highest BCUT2D eigenvalue weighted by atomic mass is 19.4. The fraction of sp³-hybridized carbons (Fsp3) is 0.357. The van der Waals surface area contributed by atoms with Gasteiger partial charge >= 0.3 is 12.1 Å². The molecule has 0 aromatic heterocycles. The number of allylic oxidation sites excluding steroid dienone is 1. The van der Waals surface area contributed by atoms with E-state index in [1.54, 1.807) is 13.0 Å². The van der Waals surface area contributed by atoms with Crippen LogP contribution in [-0.2, 0) is 16.0 Å². The van der Waals surface area contributed by atoms with E-state index in [9.17, 15) is 18.0 Å². The number of benzene rings is 1. The molecule has 0 saturated heterocycles. The molecule has 0 aliphatic heterocycles. The van der Waals surface area contributed by atoms with Crippen molar-refractivity contribution in [3.8, 4) is 11.5 Å². The quantitative estimate of drug-likeness (QED) is 0.805. The molecule has 1 aliphatic rings. The van der Waals surface area contributed by atoms with Crippen LogP contribution in [0.4, 0.5) is 13.2 Å². The zero-order chi connectivity index (χ0) is 15.8. The Hall–Kier alpha value is -2.18. The van der Waals surface area contributed by atoms with Gasteiger partial charge in [0.1, 0.15) is 17.3 Å². The Bertz CT molecular complexity index is 617. The molecule has 0 N–H and O–H groups in total. The summed E-state index contributed by atoms with van der Waals surface area (Å²) < 4.78 is 51.9. The van der Waals surface area contributed by atoms with Gasteiger partial charge in [-0.1, -0.05) is 0 Å². The standard InChI is InChI=1S/C14H13F3O4/c1-7-4-8-5-9(19-2)6-10(20-3)11(8)12(7)21-13(18)14(15,16)17/h5-6H,4H2,1-3H3. The molecule has 0 spiro atoms. The van der Waals surface area contributed by atoms with E-state index >= 15 is 0 Å². The molecule has 0 amide bonds. The monoisotopic (exact) mass is 302 g/mol. The van der Waals surface area contributed by atoms with E-state index in [4.69, 9.17) is 9.47 Å². The highest BCUT2D eigenvalue weighted by Crippen LogP contribution is 2.42. The summed E-state index contributed by atoms with van der Waals surface area (Å²) in [6.45, 7) is 1.60. The lowest BCUT2D eigenvalue weighted by molar-refractivity contribution is -0.192. The van der Waals surface area contributed by atoms with Crippen LogP contribution in [0.5, 0.6) is 11.5 Å². The summed E-state index contributed by atoms with van der Waals surface area (Å²) in [5.74, 6) is -1.54. The molecule has 0 heterocycles. The largest absolute Gasteiger partial charge is 0.497 e. The van der Waals surface area contributed by atoms with Crippen LogP contribution in [-0.4, -0.2) is 26.4 Å². The average Bonchev–Trinajstić information content (AvgIpc) is 2.72. The van der Waals surface area contributed by atoms with Crippen molar-refractivity contribution in [3.63, 3.8) is 0 Å². The van der Waals surface area contributed by atoms with Gasteiger partial charge in [-0.05, 0) is 30.5 Å². The van der Waals surface area contributed by atoms with Crippen LogP contribution in [0, 0.1) is 0 Å². The van der Waals surface area contributed by atoms with Crippen molar-refractivity contribution in [2.24, 2.45) is 0 Å². The first-order chi connectivity index (χ1) is 9.77. The second-order valence-electron chi connectivity index (χ2n) is 4.54. The number of carbonyl (C=O) groups is 1. The predicted molar refractivity (Wildman–Crippen MR) is 68.0 cm³/mol. The third-order valence-electron chi connectivity index (χ3n) is 3.11. The van der Waals surface area contributed by atoms with E-state index < -0.39 is 12.1 Å². The number of halogens is 3. The molecular weight excluding hydrogens is 289 g/mol. The Morgan fingerprint density at radius 1 is 1.19 bits per heavy atom. The zero-order valence-corrected chi connectivity index (χ0v) is 11.6. The Morgan fingerprint density at radius 3 is 2.38 bits per heavy atom. The van der Waals surface area contributed by atoms with Gasteiger partial charge in [-0.15, -0.1) is 0 Å². The van der Waals surface area contributed by atoms with Gasteiger partial charge < -0.3 is 14.2 Å². The summed E-state index contributed by atoms with van der Waals surface area (Å²) in [6, 6.07) is 3.20. The Kier molecular flexibility index (Phi) is 3.85. The number of ether oxygens (including phenoxy) is 3. The summed E-state index contributed by atoms with van der Waals surface area (Å²) in [5, 5.41) is 0. The molecule has 7 heteroatoms. The normalized spacial score (nSPS) is 14.0. The molecule has 0 radical (unpaired) electrons. The molecule has 2 rings (SSSR count). The topological polar surface area (TPSA) is 44.8 Å². The lowest BCUT2D eigenvalue weighted by atomic mass is 10.1. The summed E-state index contributed by atoms with van der Waals surface area (Å²) >= 11 is 0. The molecule has 114 valence electrons. The molecule has 0 bridgehead atoms. The first-order valence-corrected chi connectivity index (χ1v) is 6.02. The maximum Gasteiger partial charge on any atom is 0.491 e. The van der Waals surface area contributed by atoms with E-state index in [-0.39, 0.29) is 5.76 Å². The van der Waals surface area contributed by atoms with Crippen molar-refractivity contribution in [2.45, 2.75) is 19.5 Å². The van der Waals surface area contributed by atoms with E-state index in [0.29, 0.717) is 34.6 Å². The number of fused-ring (bicyclic) bond motifs is 1. The lowest BCUT2D eigenvalue weighted by Crippen LogP contribution is -2.25. The van der Waals surface area contributed by atoms with Crippen molar-refractivity contribution >= 4 is 11.7 Å². The van der Waals surface area contributed by atoms with Gasteiger partial charge in [0, 0.05) is 6.07 Å². The van der Waals surface area contributed by atoms with Crippen molar-refractivity contribution in [2.75, 3.05) is 14.2 Å². The van der Waals surface area contributed by atoms with E-state index in [1.807, 2.05) is 0 Å². The number of rotatable bonds is 3. The van der Waals surface area contributed by atoms with Gasteiger partial charge in [-0.2, -0.15) is 13.2 Å². The second-order valence-corrected chi connectivity index (χ2v) is 4.54. The summed E-state index contributed by atoms with van der Waals surface area (Å²) in [6.07, 6.45) is -4.68. The van der Waals surface area contributed by atoms with Gasteiger partial charge in [0.25, 0.3) is 0 Å². The van der Waals surface area contributed by atoms with Gasteiger partial charge in [0.2, 0.25) is 0 Å². The lowest BCUT2D eigenvalue weighted by Gasteiger charge is -2.14. The highest BCUT2D eigenvalue weighted by Gasteiger charge is 2.43. The van der Waals surface area contributed by atoms with E-state index in [1.165, 1.54) is 20.3 Å². The van der Waals surface area contributed by atoms with Crippen molar-refractivity contribution in [3.05, 3.63) is 28.8 Å². The molecule has 4 nitrogen and oxygen atoms in total. The third kappa shape index (κ3) is 2.81. The van der Waals surface area contributed by atoms with Gasteiger partial charge in [-0.25, -0.2) is 4.79 Å². The number of methoxy groups -OCH3 is 2. The maximum atomic E-state index is 12.4. The Balaban J connectivity index is 2.44. The second kappa shape index (κ2) is 5.31. The fourth-order valence-electron chi connectivity index (χ4n) is 2.19. The molecular formula is C14H13F3O4. The fourth-order valence-corrected chi connectivity index (χ4v) is 2.19. The van der Waals surface area contributed by atoms with E-state index in [2.05, 4.69) is 4.74 Å². The third-order valence-corrected chi connectivity index (χ3v) is 3.11. The Labute approximate surface area is 119 Å². The highest BCUT2D eigenvalue weighted by molar-refractivity contribution is 5.87. The van der Waals surface area contributed by atoms with Gasteiger partial charge in [-0.3, -0.25) is 0 Å².